The van der Waals surface area contributed by atoms with Crippen molar-refractivity contribution < 1.29 is 9.47 Å². The Morgan fingerprint density at radius 3 is 2.65 bits per heavy atom. The lowest BCUT2D eigenvalue weighted by molar-refractivity contribution is 0.174. The molecule has 0 amide bonds. The first-order chi connectivity index (χ1) is 12.9. The van der Waals surface area contributed by atoms with Crippen LogP contribution in [0.25, 0.3) is 22.4 Å². The Bertz CT molecular complexity index is 885. The van der Waals surface area contributed by atoms with E-state index in [2.05, 4.69) is 35.8 Å². The molecule has 4 nitrogen and oxygen atoms in total. The van der Waals surface area contributed by atoms with E-state index >= 15 is 0 Å². The summed E-state index contributed by atoms with van der Waals surface area (Å²) >= 11 is 0. The molecule has 4 rings (SSSR count). The molecule has 4 heteroatoms. The van der Waals surface area contributed by atoms with Gasteiger partial charge < -0.3 is 14.0 Å². The summed E-state index contributed by atoms with van der Waals surface area (Å²) in [5.41, 5.74) is 3.33. The Balaban J connectivity index is 1.59. The maximum Gasteiger partial charge on any atom is 0.231 e. The van der Waals surface area contributed by atoms with Gasteiger partial charge in [-0.1, -0.05) is 51.2 Å². The van der Waals surface area contributed by atoms with Crippen molar-refractivity contribution in [2.24, 2.45) is 0 Å². The zero-order chi connectivity index (χ0) is 17.8. The third-order valence-corrected chi connectivity index (χ3v) is 5.02. The van der Waals surface area contributed by atoms with Crippen LogP contribution in [0.1, 0.15) is 45.4 Å². The smallest absolute Gasteiger partial charge is 0.231 e. The van der Waals surface area contributed by atoms with Crippen LogP contribution < -0.4 is 9.47 Å². The van der Waals surface area contributed by atoms with Crippen LogP contribution in [0.4, 0.5) is 0 Å². The number of benzene rings is 2. The summed E-state index contributed by atoms with van der Waals surface area (Å²) in [4.78, 5) is 4.90. The minimum atomic E-state index is 0.299. The van der Waals surface area contributed by atoms with Crippen molar-refractivity contribution in [3.63, 3.8) is 0 Å². The molecular formula is C22H26N2O2. The summed E-state index contributed by atoms with van der Waals surface area (Å²) in [5, 5.41) is 0. The van der Waals surface area contributed by atoms with Gasteiger partial charge in [-0.3, -0.25) is 0 Å². The van der Waals surface area contributed by atoms with Crippen LogP contribution in [0.2, 0.25) is 0 Å². The molecule has 0 atom stereocenters. The van der Waals surface area contributed by atoms with Crippen molar-refractivity contribution in [3.05, 3.63) is 42.5 Å². The fraction of sp³-hybridized carbons (Fsp3) is 0.409. The summed E-state index contributed by atoms with van der Waals surface area (Å²) < 4.78 is 13.3. The van der Waals surface area contributed by atoms with E-state index in [1.165, 1.54) is 44.0 Å². The summed E-state index contributed by atoms with van der Waals surface area (Å²) in [6.07, 6.45) is 7.75. The summed E-state index contributed by atoms with van der Waals surface area (Å²) in [5.74, 6) is 2.63. The number of aromatic nitrogens is 2. The molecule has 2 heterocycles. The van der Waals surface area contributed by atoms with Crippen LogP contribution >= 0.6 is 0 Å². The first kappa shape index (κ1) is 17.0. The molecule has 0 saturated carbocycles. The van der Waals surface area contributed by atoms with E-state index in [4.69, 9.17) is 14.5 Å². The molecule has 26 heavy (non-hydrogen) atoms. The van der Waals surface area contributed by atoms with E-state index < -0.39 is 0 Å². The fourth-order valence-corrected chi connectivity index (χ4v) is 3.61. The Hall–Kier alpha value is -2.49. The van der Waals surface area contributed by atoms with Gasteiger partial charge in [0.2, 0.25) is 6.79 Å². The first-order valence-corrected chi connectivity index (χ1v) is 9.72. The molecule has 0 spiro atoms. The lowest BCUT2D eigenvalue weighted by Gasteiger charge is -2.10. The molecule has 136 valence electrons. The lowest BCUT2D eigenvalue weighted by Crippen LogP contribution is -2.01. The van der Waals surface area contributed by atoms with E-state index in [-0.39, 0.29) is 0 Å². The predicted molar refractivity (Wildman–Crippen MR) is 105 cm³/mol. The van der Waals surface area contributed by atoms with Crippen LogP contribution in [-0.2, 0) is 6.54 Å². The average Bonchev–Trinajstić information content (AvgIpc) is 3.28. The Kier molecular flexibility index (Phi) is 5.09. The predicted octanol–water partition coefficient (Wildman–Crippen LogP) is 5.79. The number of rotatable bonds is 8. The summed E-state index contributed by atoms with van der Waals surface area (Å²) in [7, 11) is 0. The van der Waals surface area contributed by atoms with Gasteiger partial charge in [-0.25, -0.2) is 4.98 Å². The van der Waals surface area contributed by atoms with E-state index in [1.54, 1.807) is 0 Å². The third-order valence-electron chi connectivity index (χ3n) is 5.02. The van der Waals surface area contributed by atoms with Crippen LogP contribution in [0.5, 0.6) is 11.5 Å². The highest BCUT2D eigenvalue weighted by molar-refractivity contribution is 5.81. The third kappa shape index (κ3) is 3.41. The zero-order valence-corrected chi connectivity index (χ0v) is 15.4. The molecule has 1 aromatic heterocycles. The van der Waals surface area contributed by atoms with Gasteiger partial charge in [0, 0.05) is 12.1 Å². The second-order valence-corrected chi connectivity index (χ2v) is 6.91. The molecule has 0 fully saturated rings. The highest BCUT2D eigenvalue weighted by Crippen LogP contribution is 2.36. The monoisotopic (exact) mass is 350 g/mol. The average molecular weight is 350 g/mol. The molecule has 0 N–H and O–H groups in total. The SMILES string of the molecule is CCCCCCCCn1c(-c2ccc3c(c2)OCO3)nc2ccccc21. The number of para-hydroxylation sites is 2. The summed E-state index contributed by atoms with van der Waals surface area (Å²) in [6.45, 7) is 3.55. The number of hydrogen-bond donors (Lipinski definition) is 0. The lowest BCUT2D eigenvalue weighted by atomic mass is 10.1. The largest absolute Gasteiger partial charge is 0.454 e. The number of imidazole rings is 1. The number of fused-ring (bicyclic) bond motifs is 2. The summed E-state index contributed by atoms with van der Waals surface area (Å²) in [6, 6.07) is 14.5. The second-order valence-electron chi connectivity index (χ2n) is 6.91. The number of ether oxygens (including phenoxy) is 2. The van der Waals surface area contributed by atoms with Gasteiger partial charge in [0.05, 0.1) is 11.0 Å². The quantitative estimate of drug-likeness (QED) is 0.482. The molecule has 0 radical (unpaired) electrons. The standard InChI is InChI=1S/C22H26N2O2/c1-2-3-4-5-6-9-14-24-19-11-8-7-10-18(19)23-22(24)17-12-13-20-21(15-17)26-16-25-20/h7-8,10-13,15H,2-6,9,14,16H2,1H3. The minimum Gasteiger partial charge on any atom is -0.454 e. The van der Waals surface area contributed by atoms with Crippen molar-refractivity contribution in [1.29, 1.82) is 0 Å². The molecule has 0 aliphatic carbocycles. The van der Waals surface area contributed by atoms with E-state index in [1.807, 2.05) is 18.2 Å². The van der Waals surface area contributed by atoms with Gasteiger partial charge in [0.1, 0.15) is 5.82 Å². The van der Waals surface area contributed by atoms with Crippen molar-refractivity contribution in [2.75, 3.05) is 6.79 Å². The molecule has 3 aromatic rings. The van der Waals surface area contributed by atoms with Crippen LogP contribution in [-0.4, -0.2) is 16.3 Å². The van der Waals surface area contributed by atoms with Crippen LogP contribution in [0, 0.1) is 0 Å². The minimum absolute atomic E-state index is 0.299. The maximum absolute atomic E-state index is 5.55. The van der Waals surface area contributed by atoms with Gasteiger partial charge >= 0.3 is 0 Å². The zero-order valence-electron chi connectivity index (χ0n) is 15.4. The topological polar surface area (TPSA) is 36.3 Å². The van der Waals surface area contributed by atoms with Crippen LogP contribution in [0.15, 0.2) is 42.5 Å². The van der Waals surface area contributed by atoms with Crippen molar-refractivity contribution in [3.8, 4) is 22.9 Å². The fourth-order valence-electron chi connectivity index (χ4n) is 3.61. The highest BCUT2D eigenvalue weighted by atomic mass is 16.7. The number of hydrogen-bond acceptors (Lipinski definition) is 3. The van der Waals surface area contributed by atoms with Gasteiger partial charge in [0.25, 0.3) is 0 Å². The van der Waals surface area contributed by atoms with Crippen LogP contribution in [0.3, 0.4) is 0 Å². The van der Waals surface area contributed by atoms with Gasteiger partial charge in [-0.15, -0.1) is 0 Å². The van der Waals surface area contributed by atoms with E-state index in [9.17, 15) is 0 Å². The Morgan fingerprint density at radius 1 is 0.923 bits per heavy atom. The molecule has 1 aliphatic rings. The van der Waals surface area contributed by atoms with Gasteiger partial charge in [0.15, 0.2) is 11.5 Å². The molecule has 2 aromatic carbocycles. The molecule has 0 bridgehead atoms. The maximum atomic E-state index is 5.55. The molecule has 0 saturated heterocycles. The van der Waals surface area contributed by atoms with Gasteiger partial charge in [-0.05, 0) is 36.8 Å². The van der Waals surface area contributed by atoms with Gasteiger partial charge in [-0.2, -0.15) is 0 Å². The number of unbranched alkanes of at least 4 members (excludes halogenated alkanes) is 5. The molecule has 0 unspecified atom stereocenters. The first-order valence-electron chi connectivity index (χ1n) is 9.72. The van der Waals surface area contributed by atoms with Crippen molar-refractivity contribution >= 4 is 11.0 Å². The molecule has 1 aliphatic heterocycles. The van der Waals surface area contributed by atoms with E-state index in [0.29, 0.717) is 6.79 Å². The Labute approximate surface area is 154 Å². The normalized spacial score (nSPS) is 12.8. The number of aryl methyl sites for hydroxylation is 1. The Morgan fingerprint density at radius 2 is 1.73 bits per heavy atom. The number of nitrogens with zero attached hydrogens (tertiary/aromatic N) is 2. The van der Waals surface area contributed by atoms with E-state index in [0.717, 1.165) is 34.9 Å². The second kappa shape index (κ2) is 7.81. The van der Waals surface area contributed by atoms with Crippen molar-refractivity contribution in [1.82, 2.24) is 9.55 Å². The molecular weight excluding hydrogens is 324 g/mol. The van der Waals surface area contributed by atoms with Crippen molar-refractivity contribution in [2.45, 2.75) is 52.0 Å². The highest BCUT2D eigenvalue weighted by Gasteiger charge is 2.17.